The van der Waals surface area contributed by atoms with Crippen LogP contribution in [0.3, 0.4) is 0 Å². The Bertz CT molecular complexity index is 1380. The molecule has 1 fully saturated rings. The van der Waals surface area contributed by atoms with Gasteiger partial charge in [-0.25, -0.2) is 0 Å². The Morgan fingerprint density at radius 3 is 2.59 bits per heavy atom. The predicted octanol–water partition coefficient (Wildman–Crippen LogP) is 6.27. The zero-order valence-electron chi connectivity index (χ0n) is 23.5. The van der Waals surface area contributed by atoms with Gasteiger partial charge in [0.2, 0.25) is 0 Å². The Balaban J connectivity index is 1.44. The first-order chi connectivity index (χ1) is 18.7. The van der Waals surface area contributed by atoms with Crippen molar-refractivity contribution in [1.29, 1.82) is 0 Å². The summed E-state index contributed by atoms with van der Waals surface area (Å²) < 4.78 is 12.7. The van der Waals surface area contributed by atoms with Crippen LogP contribution in [-0.2, 0) is 0 Å². The van der Waals surface area contributed by atoms with Gasteiger partial charge in [-0.2, -0.15) is 0 Å². The zero-order chi connectivity index (χ0) is 27.7. The molecule has 3 atom stereocenters. The maximum Gasteiger partial charge on any atom is 0.253 e. The molecule has 5 rings (SSSR count). The molecule has 1 saturated heterocycles. The number of phenolic OH excluding ortho intramolecular Hbond substituents is 1. The Morgan fingerprint density at radius 1 is 1.13 bits per heavy atom. The SMILES string of the molecule is CC1=C(c2cccc(C(=O)N(C)C)c2)C(c2ccc(OCC(C)N3CCC(C)C3)cc2)Oc2ccc(O)cc21. The smallest absolute Gasteiger partial charge is 0.253 e. The minimum absolute atomic E-state index is 0.0551. The second kappa shape index (κ2) is 11.1. The van der Waals surface area contributed by atoms with Crippen molar-refractivity contribution < 1.29 is 19.4 Å². The average molecular weight is 527 g/mol. The van der Waals surface area contributed by atoms with Gasteiger partial charge in [0.25, 0.3) is 5.91 Å². The van der Waals surface area contributed by atoms with Crippen molar-refractivity contribution in [1.82, 2.24) is 9.80 Å². The number of hydrogen-bond donors (Lipinski definition) is 1. The van der Waals surface area contributed by atoms with Crippen LogP contribution in [0.25, 0.3) is 11.1 Å². The Labute approximate surface area is 231 Å². The molecule has 0 saturated carbocycles. The van der Waals surface area contributed by atoms with Crippen LogP contribution in [0, 0.1) is 5.92 Å². The topological polar surface area (TPSA) is 62.2 Å². The van der Waals surface area contributed by atoms with Crippen LogP contribution in [0.2, 0.25) is 0 Å². The summed E-state index contributed by atoms with van der Waals surface area (Å²) in [5.74, 6) is 2.43. The van der Waals surface area contributed by atoms with Crippen LogP contribution in [-0.4, -0.2) is 60.6 Å². The summed E-state index contributed by atoms with van der Waals surface area (Å²) in [7, 11) is 3.50. The van der Waals surface area contributed by atoms with Crippen LogP contribution in [0.4, 0.5) is 0 Å². The number of benzene rings is 3. The number of ether oxygens (including phenoxy) is 2. The van der Waals surface area contributed by atoms with E-state index >= 15 is 0 Å². The molecule has 204 valence electrons. The largest absolute Gasteiger partial charge is 0.508 e. The molecular weight excluding hydrogens is 488 g/mol. The Hall–Kier alpha value is -3.77. The summed E-state index contributed by atoms with van der Waals surface area (Å²) in [5, 5.41) is 10.2. The number of aromatic hydroxyl groups is 1. The summed E-state index contributed by atoms with van der Waals surface area (Å²) in [6.45, 7) is 9.51. The quantitative estimate of drug-likeness (QED) is 0.393. The lowest BCUT2D eigenvalue weighted by atomic mass is 9.85. The van der Waals surface area contributed by atoms with E-state index in [1.165, 1.54) is 6.42 Å². The van der Waals surface area contributed by atoms with Crippen molar-refractivity contribution in [3.8, 4) is 17.2 Å². The number of amides is 1. The maximum absolute atomic E-state index is 12.7. The lowest BCUT2D eigenvalue weighted by molar-refractivity contribution is 0.0827. The van der Waals surface area contributed by atoms with Crippen molar-refractivity contribution in [2.45, 2.75) is 39.3 Å². The highest BCUT2D eigenvalue weighted by atomic mass is 16.5. The second-order valence-electron chi connectivity index (χ2n) is 11.1. The molecule has 2 aliphatic rings. The number of carbonyl (C=O) groups is 1. The van der Waals surface area contributed by atoms with Crippen LogP contribution < -0.4 is 9.47 Å². The van der Waals surface area contributed by atoms with Gasteiger partial charge in [0.1, 0.15) is 30.0 Å². The molecule has 6 heteroatoms. The molecular formula is C33H38N2O4. The van der Waals surface area contributed by atoms with E-state index < -0.39 is 0 Å². The van der Waals surface area contributed by atoms with E-state index in [-0.39, 0.29) is 17.8 Å². The van der Waals surface area contributed by atoms with Crippen LogP contribution in [0.5, 0.6) is 17.2 Å². The van der Waals surface area contributed by atoms with Gasteiger partial charge in [0, 0.05) is 43.4 Å². The lowest BCUT2D eigenvalue weighted by Gasteiger charge is -2.31. The Kier molecular flexibility index (Phi) is 7.67. The molecule has 2 heterocycles. The maximum atomic E-state index is 12.7. The van der Waals surface area contributed by atoms with Gasteiger partial charge in [0.05, 0.1) is 0 Å². The molecule has 6 nitrogen and oxygen atoms in total. The van der Waals surface area contributed by atoms with Gasteiger partial charge in [0.15, 0.2) is 0 Å². The van der Waals surface area contributed by atoms with Crippen molar-refractivity contribution >= 4 is 17.1 Å². The first-order valence-electron chi connectivity index (χ1n) is 13.7. The van der Waals surface area contributed by atoms with E-state index in [4.69, 9.17) is 9.47 Å². The molecule has 1 N–H and O–H groups in total. The number of rotatable bonds is 7. The number of fused-ring (bicyclic) bond motifs is 1. The zero-order valence-corrected chi connectivity index (χ0v) is 23.5. The monoisotopic (exact) mass is 526 g/mol. The first-order valence-corrected chi connectivity index (χ1v) is 13.7. The number of hydrogen-bond acceptors (Lipinski definition) is 5. The highest BCUT2D eigenvalue weighted by Gasteiger charge is 2.30. The third-order valence-corrected chi connectivity index (χ3v) is 7.86. The van der Waals surface area contributed by atoms with E-state index in [9.17, 15) is 9.90 Å². The van der Waals surface area contributed by atoms with Gasteiger partial charge in [-0.1, -0.05) is 31.2 Å². The predicted molar refractivity (Wildman–Crippen MR) is 155 cm³/mol. The molecule has 0 bridgehead atoms. The number of nitrogens with zero attached hydrogens (tertiary/aromatic N) is 2. The van der Waals surface area contributed by atoms with Crippen LogP contribution >= 0.6 is 0 Å². The summed E-state index contributed by atoms with van der Waals surface area (Å²) in [6.07, 6.45) is 0.871. The molecule has 0 aromatic heterocycles. The second-order valence-corrected chi connectivity index (χ2v) is 11.1. The van der Waals surface area contributed by atoms with Gasteiger partial charge in [-0.15, -0.1) is 0 Å². The van der Waals surface area contributed by atoms with Gasteiger partial charge < -0.3 is 19.5 Å². The molecule has 3 aromatic carbocycles. The molecule has 3 unspecified atom stereocenters. The molecule has 3 aromatic rings. The molecule has 2 aliphatic heterocycles. The molecule has 0 radical (unpaired) electrons. The highest BCUT2D eigenvalue weighted by Crippen LogP contribution is 2.47. The summed E-state index contributed by atoms with van der Waals surface area (Å²) in [4.78, 5) is 16.8. The highest BCUT2D eigenvalue weighted by molar-refractivity contribution is 5.99. The van der Waals surface area contributed by atoms with Crippen LogP contribution in [0.15, 0.2) is 66.7 Å². The lowest BCUT2D eigenvalue weighted by Crippen LogP contribution is -2.35. The molecule has 39 heavy (non-hydrogen) atoms. The number of phenols is 1. The molecule has 0 aliphatic carbocycles. The van der Waals surface area contributed by atoms with Crippen molar-refractivity contribution in [3.63, 3.8) is 0 Å². The Morgan fingerprint density at radius 2 is 1.90 bits per heavy atom. The van der Waals surface area contributed by atoms with Gasteiger partial charge in [-0.3, -0.25) is 9.69 Å². The fraction of sp³-hybridized carbons (Fsp3) is 0.364. The summed E-state index contributed by atoms with van der Waals surface area (Å²) in [6, 6.07) is 21.3. The number of allylic oxidation sites excluding steroid dienone is 1. The van der Waals surface area contributed by atoms with E-state index in [1.54, 1.807) is 31.1 Å². The van der Waals surface area contributed by atoms with Crippen molar-refractivity contribution in [3.05, 3.63) is 89.0 Å². The minimum Gasteiger partial charge on any atom is -0.508 e. The number of likely N-dealkylation sites (tertiary alicyclic amines) is 1. The normalized spacial score (nSPS) is 19.8. The molecule has 0 spiro atoms. The third-order valence-electron chi connectivity index (χ3n) is 7.86. The first kappa shape index (κ1) is 26.8. The van der Waals surface area contributed by atoms with Gasteiger partial charge in [-0.05, 0) is 91.9 Å². The van der Waals surface area contributed by atoms with Crippen LogP contribution in [0.1, 0.15) is 60.3 Å². The van der Waals surface area contributed by atoms with E-state index in [0.717, 1.165) is 52.6 Å². The minimum atomic E-state index is -0.384. The fourth-order valence-corrected chi connectivity index (χ4v) is 5.55. The number of carbonyl (C=O) groups excluding carboxylic acids is 1. The van der Waals surface area contributed by atoms with Crippen molar-refractivity contribution in [2.24, 2.45) is 5.92 Å². The van der Waals surface area contributed by atoms with E-state index in [2.05, 4.69) is 30.9 Å². The fourth-order valence-electron chi connectivity index (χ4n) is 5.55. The summed E-state index contributed by atoms with van der Waals surface area (Å²) in [5.41, 5.74) is 5.32. The van der Waals surface area contributed by atoms with Gasteiger partial charge >= 0.3 is 0 Å². The molecule has 1 amide bonds. The average Bonchev–Trinajstić information content (AvgIpc) is 3.38. The van der Waals surface area contributed by atoms with E-state index in [1.807, 2.05) is 49.4 Å². The summed E-state index contributed by atoms with van der Waals surface area (Å²) >= 11 is 0. The van der Waals surface area contributed by atoms with Crippen molar-refractivity contribution in [2.75, 3.05) is 33.8 Å². The van der Waals surface area contributed by atoms with E-state index in [0.29, 0.717) is 24.0 Å². The third kappa shape index (κ3) is 5.66. The standard InChI is InChI=1S/C33H38N2O4/c1-21-15-16-35(19-21)22(2)20-38-28-12-9-24(10-13-28)32-31(23(3)29-18-27(36)11-14-30(29)39-32)25-7-6-8-26(17-25)33(37)34(4)5/h6-14,17-18,21-22,32,36H,15-16,19-20H2,1-5H3.